The number of carboxylic acid groups (broad SMARTS) is 1. The van der Waals surface area contributed by atoms with Crippen LogP contribution in [0.1, 0.15) is 25.3 Å². The number of aryl methyl sites for hydroxylation is 1. The second-order valence-corrected chi connectivity index (χ2v) is 5.93. The van der Waals surface area contributed by atoms with Gasteiger partial charge in [0, 0.05) is 0 Å². The van der Waals surface area contributed by atoms with Gasteiger partial charge in [-0.05, 0) is 37.1 Å². The minimum Gasteiger partial charge on any atom is -0.480 e. The van der Waals surface area contributed by atoms with Gasteiger partial charge in [-0.2, -0.15) is 4.72 Å². The van der Waals surface area contributed by atoms with Crippen LogP contribution < -0.4 is 4.72 Å². The molecular weight excluding hydrogens is 273 g/mol. The predicted octanol–water partition coefficient (Wildman–Crippen LogP) is 1.67. The summed E-state index contributed by atoms with van der Waals surface area (Å²) in [4.78, 5) is 10.8. The highest BCUT2D eigenvalue weighted by molar-refractivity contribution is 7.89. The maximum Gasteiger partial charge on any atom is 0.321 e. The monoisotopic (exact) mass is 289 g/mol. The van der Waals surface area contributed by atoms with Crippen molar-refractivity contribution in [2.75, 3.05) is 0 Å². The van der Waals surface area contributed by atoms with Crippen molar-refractivity contribution >= 4 is 16.0 Å². The van der Waals surface area contributed by atoms with E-state index in [1.165, 1.54) is 13.0 Å². The molecule has 2 N–H and O–H groups in total. The third kappa shape index (κ3) is 4.00. The van der Waals surface area contributed by atoms with E-state index in [0.29, 0.717) is 6.42 Å². The Morgan fingerprint density at radius 2 is 2.11 bits per heavy atom. The number of hydrogen-bond acceptors (Lipinski definition) is 3. The van der Waals surface area contributed by atoms with Gasteiger partial charge in [0.1, 0.15) is 11.9 Å². The van der Waals surface area contributed by atoms with Crippen molar-refractivity contribution in [1.82, 2.24) is 4.72 Å². The Hall–Kier alpha value is -1.47. The van der Waals surface area contributed by atoms with Crippen LogP contribution in [0.2, 0.25) is 0 Å². The number of carboxylic acids is 1. The number of rotatable bonds is 6. The number of halogens is 1. The lowest BCUT2D eigenvalue weighted by Crippen LogP contribution is -2.40. The van der Waals surface area contributed by atoms with Crippen LogP contribution in [0.3, 0.4) is 0 Å². The molecule has 0 saturated carbocycles. The van der Waals surface area contributed by atoms with Crippen molar-refractivity contribution in [2.45, 2.75) is 37.6 Å². The molecule has 0 fully saturated rings. The number of hydrogen-bond donors (Lipinski definition) is 2. The zero-order chi connectivity index (χ0) is 14.6. The van der Waals surface area contributed by atoms with E-state index in [9.17, 15) is 17.6 Å². The average molecular weight is 289 g/mol. The predicted molar refractivity (Wildman–Crippen MR) is 67.8 cm³/mol. The van der Waals surface area contributed by atoms with Gasteiger partial charge < -0.3 is 5.11 Å². The molecule has 0 amide bonds. The first-order valence-corrected chi connectivity index (χ1v) is 7.27. The van der Waals surface area contributed by atoms with E-state index < -0.39 is 27.9 Å². The molecule has 0 bridgehead atoms. The van der Waals surface area contributed by atoms with Gasteiger partial charge in [-0.25, -0.2) is 12.8 Å². The largest absolute Gasteiger partial charge is 0.480 e. The van der Waals surface area contributed by atoms with E-state index in [0.717, 1.165) is 12.1 Å². The Morgan fingerprint density at radius 1 is 1.47 bits per heavy atom. The van der Waals surface area contributed by atoms with E-state index in [2.05, 4.69) is 4.72 Å². The maximum atomic E-state index is 13.1. The van der Waals surface area contributed by atoms with Crippen molar-refractivity contribution < 1.29 is 22.7 Å². The Kier molecular flexibility index (Phi) is 5.02. The molecule has 106 valence electrons. The number of sulfonamides is 1. The molecular formula is C12H16FNO4S. The van der Waals surface area contributed by atoms with Crippen molar-refractivity contribution in [3.8, 4) is 0 Å². The molecule has 1 atom stereocenters. The molecule has 1 rings (SSSR count). The van der Waals surface area contributed by atoms with E-state index in [1.54, 1.807) is 6.92 Å². The molecule has 0 radical (unpaired) electrons. The first kappa shape index (κ1) is 15.6. The third-order valence-corrected chi connectivity index (χ3v) is 4.08. The molecule has 1 aromatic rings. The highest BCUT2D eigenvalue weighted by atomic mass is 32.2. The quantitative estimate of drug-likeness (QED) is 0.834. The van der Waals surface area contributed by atoms with Crippen molar-refractivity contribution in [3.05, 3.63) is 29.6 Å². The molecule has 0 spiro atoms. The zero-order valence-corrected chi connectivity index (χ0v) is 11.5. The van der Waals surface area contributed by atoms with Crippen LogP contribution in [0.15, 0.2) is 23.1 Å². The van der Waals surface area contributed by atoms with Crippen LogP contribution in [0.4, 0.5) is 4.39 Å². The fraction of sp³-hybridized carbons (Fsp3) is 0.417. The van der Waals surface area contributed by atoms with Crippen LogP contribution >= 0.6 is 0 Å². The van der Waals surface area contributed by atoms with Gasteiger partial charge in [-0.3, -0.25) is 4.79 Å². The Bertz CT molecular complexity index is 571. The summed E-state index contributed by atoms with van der Waals surface area (Å²) in [6.07, 6.45) is 0.719. The number of aliphatic carboxylic acids is 1. The molecule has 19 heavy (non-hydrogen) atoms. The fourth-order valence-corrected chi connectivity index (χ4v) is 2.87. The van der Waals surface area contributed by atoms with Crippen LogP contribution in [-0.4, -0.2) is 25.5 Å². The summed E-state index contributed by atoms with van der Waals surface area (Å²) >= 11 is 0. The molecule has 0 heterocycles. The Morgan fingerprint density at radius 3 is 2.58 bits per heavy atom. The molecule has 5 nitrogen and oxygen atoms in total. The fourth-order valence-electron chi connectivity index (χ4n) is 1.56. The van der Waals surface area contributed by atoms with Crippen LogP contribution in [-0.2, 0) is 14.8 Å². The van der Waals surface area contributed by atoms with Crippen LogP contribution in [0.25, 0.3) is 0 Å². The molecule has 1 unspecified atom stereocenters. The summed E-state index contributed by atoms with van der Waals surface area (Å²) < 4.78 is 39.2. The number of carbonyl (C=O) groups is 1. The summed E-state index contributed by atoms with van der Waals surface area (Å²) in [6.45, 7) is 3.20. The lowest BCUT2D eigenvalue weighted by molar-refractivity contribution is -0.139. The van der Waals surface area contributed by atoms with Crippen LogP contribution in [0, 0.1) is 12.7 Å². The second kappa shape index (κ2) is 6.12. The molecule has 0 aliphatic heterocycles. The van der Waals surface area contributed by atoms with Crippen LogP contribution in [0.5, 0.6) is 0 Å². The summed E-state index contributed by atoms with van der Waals surface area (Å²) in [5, 5.41) is 8.93. The first-order chi connectivity index (χ1) is 8.77. The SMILES string of the molecule is CCCC(NS(=O)(=O)c1ccc(F)c(C)c1)C(=O)O. The van der Waals surface area contributed by atoms with Gasteiger partial charge in [0.05, 0.1) is 4.90 Å². The molecule has 0 saturated heterocycles. The molecule has 0 aromatic heterocycles. The van der Waals surface area contributed by atoms with Gasteiger partial charge in [0.2, 0.25) is 10.0 Å². The first-order valence-electron chi connectivity index (χ1n) is 5.79. The van der Waals surface area contributed by atoms with E-state index in [1.807, 2.05) is 0 Å². The van der Waals surface area contributed by atoms with E-state index in [4.69, 9.17) is 5.11 Å². The van der Waals surface area contributed by atoms with E-state index in [-0.39, 0.29) is 16.9 Å². The summed E-state index contributed by atoms with van der Waals surface area (Å²) in [7, 11) is -3.96. The van der Waals surface area contributed by atoms with E-state index >= 15 is 0 Å². The van der Waals surface area contributed by atoms with Crippen molar-refractivity contribution in [1.29, 1.82) is 0 Å². The maximum absolute atomic E-state index is 13.1. The highest BCUT2D eigenvalue weighted by Gasteiger charge is 2.24. The Balaban J connectivity index is 3.03. The summed E-state index contributed by atoms with van der Waals surface area (Å²) in [6, 6.07) is 2.14. The second-order valence-electron chi connectivity index (χ2n) is 4.21. The molecule has 1 aromatic carbocycles. The molecule has 0 aliphatic carbocycles. The standard InChI is InChI=1S/C12H16FNO4S/c1-3-4-11(12(15)16)14-19(17,18)9-5-6-10(13)8(2)7-9/h5-7,11,14H,3-4H2,1-2H3,(H,15,16). The minimum atomic E-state index is -3.96. The van der Waals surface area contributed by atoms with Crippen molar-refractivity contribution in [3.63, 3.8) is 0 Å². The summed E-state index contributed by atoms with van der Waals surface area (Å²) in [5.41, 5.74) is 0.185. The number of nitrogens with one attached hydrogen (secondary N) is 1. The Labute approximate surface area is 111 Å². The lowest BCUT2D eigenvalue weighted by atomic mass is 10.2. The average Bonchev–Trinajstić information content (AvgIpc) is 2.31. The summed E-state index contributed by atoms with van der Waals surface area (Å²) in [5.74, 6) is -1.74. The topological polar surface area (TPSA) is 83.5 Å². The molecule has 7 heteroatoms. The normalized spacial score (nSPS) is 13.2. The van der Waals surface area contributed by atoms with Gasteiger partial charge in [-0.15, -0.1) is 0 Å². The van der Waals surface area contributed by atoms with Crippen molar-refractivity contribution in [2.24, 2.45) is 0 Å². The zero-order valence-electron chi connectivity index (χ0n) is 10.7. The highest BCUT2D eigenvalue weighted by Crippen LogP contribution is 2.15. The van der Waals surface area contributed by atoms with Gasteiger partial charge in [0.15, 0.2) is 0 Å². The molecule has 0 aliphatic rings. The minimum absolute atomic E-state index is 0.145. The lowest BCUT2D eigenvalue weighted by Gasteiger charge is -2.14. The number of benzene rings is 1. The van der Waals surface area contributed by atoms with Gasteiger partial charge in [-0.1, -0.05) is 13.3 Å². The third-order valence-electron chi connectivity index (χ3n) is 2.61. The van der Waals surface area contributed by atoms with Gasteiger partial charge >= 0.3 is 5.97 Å². The smallest absolute Gasteiger partial charge is 0.321 e. The van der Waals surface area contributed by atoms with Gasteiger partial charge in [0.25, 0.3) is 0 Å².